The van der Waals surface area contributed by atoms with Crippen LogP contribution < -0.4 is 4.90 Å². The molecular formula is C56H52N2. The van der Waals surface area contributed by atoms with Gasteiger partial charge < -0.3 is 9.80 Å². The van der Waals surface area contributed by atoms with E-state index in [1.807, 2.05) is 6.08 Å². The minimum absolute atomic E-state index is 0.0154. The Morgan fingerprint density at radius 3 is 2.09 bits per heavy atom. The van der Waals surface area contributed by atoms with E-state index < -0.39 is 0 Å². The first kappa shape index (κ1) is 36.2. The van der Waals surface area contributed by atoms with Crippen LogP contribution in [0.5, 0.6) is 0 Å². The molecule has 2 heterocycles. The Labute approximate surface area is 344 Å². The van der Waals surface area contributed by atoms with Crippen molar-refractivity contribution in [2.75, 3.05) is 18.0 Å². The van der Waals surface area contributed by atoms with Crippen molar-refractivity contribution in [1.29, 1.82) is 0 Å². The molecule has 0 fully saturated rings. The molecule has 286 valence electrons. The van der Waals surface area contributed by atoms with Crippen LogP contribution >= 0.6 is 0 Å². The van der Waals surface area contributed by atoms with E-state index >= 15 is 0 Å². The fourth-order valence-corrected chi connectivity index (χ4v) is 10.6. The van der Waals surface area contributed by atoms with Gasteiger partial charge in [-0.1, -0.05) is 166 Å². The summed E-state index contributed by atoms with van der Waals surface area (Å²) < 4.78 is 0. The lowest BCUT2D eigenvalue weighted by atomic mass is 9.74. The van der Waals surface area contributed by atoms with E-state index in [0.29, 0.717) is 11.8 Å². The maximum absolute atomic E-state index is 4.14. The van der Waals surface area contributed by atoms with Crippen molar-refractivity contribution in [2.45, 2.75) is 57.8 Å². The molecule has 2 aliphatic heterocycles. The molecule has 2 heteroatoms. The summed E-state index contributed by atoms with van der Waals surface area (Å²) in [5.74, 6) is 0.807. The number of hydrogen-bond acceptors (Lipinski definition) is 2. The summed E-state index contributed by atoms with van der Waals surface area (Å²) in [7, 11) is 0. The van der Waals surface area contributed by atoms with Crippen molar-refractivity contribution in [2.24, 2.45) is 5.92 Å². The molecule has 2 nitrogen and oxygen atoms in total. The number of fused-ring (bicyclic) bond motifs is 6. The van der Waals surface area contributed by atoms with Crippen molar-refractivity contribution in [1.82, 2.24) is 4.90 Å². The van der Waals surface area contributed by atoms with Crippen molar-refractivity contribution >= 4 is 45.1 Å². The van der Waals surface area contributed by atoms with E-state index in [0.717, 1.165) is 38.8 Å². The molecule has 0 bridgehead atoms. The lowest BCUT2D eigenvalue weighted by Gasteiger charge is -2.37. The molecule has 0 saturated heterocycles. The van der Waals surface area contributed by atoms with Gasteiger partial charge in [-0.25, -0.2) is 0 Å². The molecule has 0 amide bonds. The van der Waals surface area contributed by atoms with E-state index in [1.54, 1.807) is 0 Å². The van der Waals surface area contributed by atoms with Gasteiger partial charge in [0.2, 0.25) is 0 Å². The molecule has 58 heavy (non-hydrogen) atoms. The smallest absolute Gasteiger partial charge is 0.0570 e. The zero-order valence-electron chi connectivity index (χ0n) is 34.1. The Morgan fingerprint density at radius 2 is 1.34 bits per heavy atom. The van der Waals surface area contributed by atoms with Crippen LogP contribution in [0, 0.1) is 5.92 Å². The van der Waals surface area contributed by atoms with Crippen LogP contribution in [0.3, 0.4) is 0 Å². The normalized spacial score (nSPS) is 19.9. The highest BCUT2D eigenvalue weighted by Crippen LogP contribution is 2.54. The highest BCUT2D eigenvalue weighted by molar-refractivity contribution is 6.21. The largest absolute Gasteiger partial charge is 0.342 e. The van der Waals surface area contributed by atoms with Crippen LogP contribution in [-0.4, -0.2) is 18.0 Å². The molecule has 2 aliphatic carbocycles. The van der Waals surface area contributed by atoms with Crippen molar-refractivity contribution in [3.63, 3.8) is 0 Å². The third kappa shape index (κ3) is 6.00. The van der Waals surface area contributed by atoms with Gasteiger partial charge in [0.15, 0.2) is 0 Å². The minimum atomic E-state index is 0.0154. The Balaban J connectivity index is 0.949. The number of benzene rings is 6. The van der Waals surface area contributed by atoms with Crippen LogP contribution in [-0.2, 0) is 11.8 Å². The van der Waals surface area contributed by atoms with Gasteiger partial charge >= 0.3 is 0 Å². The van der Waals surface area contributed by atoms with Crippen LogP contribution in [0.4, 0.5) is 11.4 Å². The van der Waals surface area contributed by atoms with Gasteiger partial charge in [-0.2, -0.15) is 0 Å². The average molecular weight is 753 g/mol. The molecule has 2 unspecified atom stereocenters. The number of hydrogen-bond donors (Lipinski definition) is 0. The highest BCUT2D eigenvalue weighted by atomic mass is 15.2. The summed E-state index contributed by atoms with van der Waals surface area (Å²) in [4.78, 5) is 5.09. The first-order valence-electron chi connectivity index (χ1n) is 21.3. The van der Waals surface area contributed by atoms with Gasteiger partial charge in [0, 0.05) is 46.9 Å². The van der Waals surface area contributed by atoms with Crippen LogP contribution in [0.25, 0.3) is 44.8 Å². The van der Waals surface area contributed by atoms with Crippen molar-refractivity contribution in [3.05, 3.63) is 203 Å². The molecule has 4 aliphatic rings. The number of rotatable bonds is 7. The van der Waals surface area contributed by atoms with Crippen LogP contribution in [0.15, 0.2) is 175 Å². The summed E-state index contributed by atoms with van der Waals surface area (Å²) in [6.07, 6.45) is 23.0. The summed E-state index contributed by atoms with van der Waals surface area (Å²) in [6, 6.07) is 43.3. The molecule has 6 aromatic carbocycles. The molecule has 6 aromatic rings. The summed E-state index contributed by atoms with van der Waals surface area (Å²) in [6.45, 7) is 13.2. The number of nitrogens with zero attached hydrogens (tertiary/aromatic N) is 2. The summed E-state index contributed by atoms with van der Waals surface area (Å²) in [5.41, 5.74) is 16.0. The van der Waals surface area contributed by atoms with Crippen LogP contribution in [0.1, 0.15) is 73.8 Å². The van der Waals surface area contributed by atoms with Crippen molar-refractivity contribution < 1.29 is 0 Å². The van der Waals surface area contributed by atoms with Gasteiger partial charge in [0.25, 0.3) is 0 Å². The quantitative estimate of drug-likeness (QED) is 0.118. The molecule has 0 saturated carbocycles. The third-order valence-corrected chi connectivity index (χ3v) is 13.5. The Kier molecular flexibility index (Phi) is 9.17. The van der Waals surface area contributed by atoms with Gasteiger partial charge in [0.05, 0.1) is 5.69 Å². The fourth-order valence-electron chi connectivity index (χ4n) is 10.6. The number of anilines is 2. The Morgan fingerprint density at radius 1 is 0.690 bits per heavy atom. The SMILES string of the molecule is C=CC1=C(/C=C\C)N(C2=CC3C(C=C2)c2ccc(/C=C/c4ccc(-c5c6ccccc6c(N6CCCc7ccccc76)c6ccccc56)cc4)cc2C3(C)C)CCC1. The maximum Gasteiger partial charge on any atom is 0.0570 e. The van der Waals surface area contributed by atoms with E-state index in [-0.39, 0.29) is 5.41 Å². The molecular weight excluding hydrogens is 701 g/mol. The van der Waals surface area contributed by atoms with E-state index in [9.17, 15) is 0 Å². The Hall–Kier alpha value is -6.12. The summed E-state index contributed by atoms with van der Waals surface area (Å²) in [5, 5.41) is 5.21. The predicted octanol–water partition coefficient (Wildman–Crippen LogP) is 14.5. The highest BCUT2D eigenvalue weighted by Gasteiger charge is 2.45. The monoisotopic (exact) mass is 752 g/mol. The topological polar surface area (TPSA) is 6.48 Å². The molecule has 0 N–H and O–H groups in total. The molecule has 0 spiro atoms. The second-order valence-electron chi connectivity index (χ2n) is 17.1. The van der Waals surface area contributed by atoms with Crippen LogP contribution in [0.2, 0.25) is 0 Å². The summed E-state index contributed by atoms with van der Waals surface area (Å²) >= 11 is 0. The lowest BCUT2D eigenvalue weighted by Crippen LogP contribution is -2.31. The first-order chi connectivity index (χ1) is 28.4. The van der Waals surface area contributed by atoms with E-state index in [2.05, 4.69) is 195 Å². The van der Waals surface area contributed by atoms with E-state index in [1.165, 1.54) is 88.8 Å². The second kappa shape index (κ2) is 14.7. The minimum Gasteiger partial charge on any atom is -0.342 e. The Bertz CT molecular complexity index is 2690. The molecule has 10 rings (SSSR count). The maximum atomic E-state index is 4.14. The standard InChI is InChI=1S/C56H52N2/c1-5-15-52-40(6-2)17-13-34-57(52)43-31-33-45-44-32-28-39(36-50(44)56(3,4)51(45)37-43)25-24-38-26-29-42(30-27-38)54-46-19-8-10-21-48(46)55(49-22-11-9-20-47(49)54)58-35-14-18-41-16-7-12-23-53(41)58/h5-12,15-16,19-33,36-37,45,51H,2,13-14,17-18,34-35H2,1,3-4H3/b15-5-,25-24+. The third-order valence-electron chi connectivity index (χ3n) is 13.5. The molecule has 2 atom stereocenters. The predicted molar refractivity (Wildman–Crippen MR) is 248 cm³/mol. The van der Waals surface area contributed by atoms with E-state index in [4.69, 9.17) is 0 Å². The zero-order chi connectivity index (χ0) is 39.4. The number of para-hydroxylation sites is 1. The van der Waals surface area contributed by atoms with Gasteiger partial charge in [-0.3, -0.25) is 0 Å². The number of aryl methyl sites for hydroxylation is 1. The second-order valence-corrected chi connectivity index (χ2v) is 17.1. The van der Waals surface area contributed by atoms with Gasteiger partial charge in [0.1, 0.15) is 0 Å². The fraction of sp³-hybridized carbons (Fsp3) is 0.214. The average Bonchev–Trinajstić information content (AvgIpc) is 3.49. The van der Waals surface area contributed by atoms with Gasteiger partial charge in [-0.15, -0.1) is 0 Å². The first-order valence-corrected chi connectivity index (χ1v) is 21.3. The number of allylic oxidation sites excluding steroid dienone is 7. The molecule has 0 radical (unpaired) electrons. The van der Waals surface area contributed by atoms with Crippen molar-refractivity contribution in [3.8, 4) is 11.1 Å². The zero-order valence-corrected chi connectivity index (χ0v) is 34.1. The molecule has 0 aromatic heterocycles. The van der Waals surface area contributed by atoms with Gasteiger partial charge in [-0.05, 0) is 117 Å². The lowest BCUT2D eigenvalue weighted by molar-refractivity contribution is 0.364.